The summed E-state index contributed by atoms with van der Waals surface area (Å²) in [7, 11) is 9.11. The van der Waals surface area contributed by atoms with Crippen molar-refractivity contribution in [1.82, 2.24) is 16.0 Å². The summed E-state index contributed by atoms with van der Waals surface area (Å²) >= 11 is 0. The van der Waals surface area contributed by atoms with Crippen molar-refractivity contribution in [2.45, 2.75) is 0 Å². The fourth-order valence-corrected chi connectivity index (χ4v) is 2.69. The van der Waals surface area contributed by atoms with Crippen LogP contribution in [0.15, 0.2) is 9.98 Å². The molecule has 16 heavy (non-hydrogen) atoms. The highest BCUT2D eigenvalue weighted by molar-refractivity contribution is 8.76. The van der Waals surface area contributed by atoms with Crippen LogP contribution in [0.3, 0.4) is 0 Å². The van der Waals surface area contributed by atoms with E-state index in [1.165, 1.54) is 0 Å². The fourth-order valence-electron chi connectivity index (χ4n) is 0.865. The van der Waals surface area contributed by atoms with Gasteiger partial charge in [0.1, 0.15) is 0 Å². The number of hydrogen-bond donors (Lipinski definition) is 3. The SMILES string of the molecule is CN=CNCCSSCCNC(=NC)NC. The van der Waals surface area contributed by atoms with Crippen LogP contribution in [-0.2, 0) is 0 Å². The summed E-state index contributed by atoms with van der Waals surface area (Å²) in [6, 6.07) is 0. The molecule has 0 amide bonds. The minimum absolute atomic E-state index is 0.839. The molecule has 0 unspecified atom stereocenters. The van der Waals surface area contributed by atoms with Crippen molar-refractivity contribution in [2.75, 3.05) is 45.7 Å². The largest absolute Gasteiger partial charge is 0.376 e. The first-order valence-electron chi connectivity index (χ1n) is 5.12. The van der Waals surface area contributed by atoms with E-state index in [9.17, 15) is 0 Å². The highest BCUT2D eigenvalue weighted by atomic mass is 33.1. The summed E-state index contributed by atoms with van der Waals surface area (Å²) in [5.74, 6) is 2.98. The molecule has 7 heteroatoms. The molecule has 3 N–H and O–H groups in total. The van der Waals surface area contributed by atoms with Crippen molar-refractivity contribution >= 4 is 33.9 Å². The Kier molecular flexibility index (Phi) is 12.1. The second kappa shape index (κ2) is 12.5. The summed E-state index contributed by atoms with van der Waals surface area (Å²) in [5, 5.41) is 9.27. The second-order valence-electron chi connectivity index (χ2n) is 2.73. The number of nitrogens with one attached hydrogen (secondary N) is 3. The number of aliphatic imine (C=N–C) groups is 2. The molecule has 0 spiro atoms. The molecule has 5 nitrogen and oxygen atoms in total. The Hall–Kier alpha value is -0.560. The van der Waals surface area contributed by atoms with E-state index in [2.05, 4.69) is 25.9 Å². The molecule has 0 aromatic carbocycles. The van der Waals surface area contributed by atoms with Crippen LogP contribution in [0.5, 0.6) is 0 Å². The minimum atomic E-state index is 0.839. The summed E-state index contributed by atoms with van der Waals surface area (Å²) in [5.41, 5.74) is 0. The molecule has 0 fully saturated rings. The molecule has 0 aliphatic carbocycles. The molecule has 0 saturated carbocycles. The van der Waals surface area contributed by atoms with Gasteiger partial charge in [0.05, 0.1) is 6.34 Å². The predicted octanol–water partition coefficient (Wildman–Crippen LogP) is 0.410. The van der Waals surface area contributed by atoms with Gasteiger partial charge in [-0.1, -0.05) is 21.6 Å². The van der Waals surface area contributed by atoms with Crippen molar-refractivity contribution in [3.63, 3.8) is 0 Å². The van der Waals surface area contributed by atoms with Crippen LogP contribution in [0.4, 0.5) is 0 Å². The van der Waals surface area contributed by atoms with Crippen molar-refractivity contribution < 1.29 is 0 Å². The lowest BCUT2D eigenvalue weighted by Gasteiger charge is -2.07. The zero-order chi connectivity index (χ0) is 12.1. The van der Waals surface area contributed by atoms with Crippen LogP contribution in [0.1, 0.15) is 0 Å². The van der Waals surface area contributed by atoms with Gasteiger partial charge in [0.25, 0.3) is 0 Å². The summed E-state index contributed by atoms with van der Waals surface area (Å²) in [6.45, 7) is 1.88. The van der Waals surface area contributed by atoms with Gasteiger partial charge in [-0.15, -0.1) is 0 Å². The molecule has 0 saturated heterocycles. The average molecular weight is 263 g/mol. The topological polar surface area (TPSA) is 60.8 Å². The van der Waals surface area contributed by atoms with E-state index >= 15 is 0 Å². The Morgan fingerprint density at radius 1 is 1.19 bits per heavy atom. The van der Waals surface area contributed by atoms with Gasteiger partial charge in [-0.05, 0) is 0 Å². The standard InChI is InChI=1S/C9H21N5S2/c1-10-8-13-4-6-15-16-7-5-14-9(11-2)12-3/h8H,4-7H2,1-3H3,(H,10,13)(H2,11,12,14). The Balaban J connectivity index is 3.15. The van der Waals surface area contributed by atoms with E-state index in [1.807, 2.05) is 28.6 Å². The van der Waals surface area contributed by atoms with Gasteiger partial charge in [-0.3, -0.25) is 9.98 Å². The smallest absolute Gasteiger partial charge is 0.190 e. The van der Waals surface area contributed by atoms with Crippen molar-refractivity contribution in [1.29, 1.82) is 0 Å². The lowest BCUT2D eigenvalue weighted by molar-refractivity contribution is 0.914. The third-order valence-electron chi connectivity index (χ3n) is 1.57. The molecule has 0 aromatic heterocycles. The highest BCUT2D eigenvalue weighted by Gasteiger charge is 1.93. The number of rotatable bonds is 8. The van der Waals surface area contributed by atoms with E-state index in [1.54, 1.807) is 20.4 Å². The molecule has 0 atom stereocenters. The van der Waals surface area contributed by atoms with E-state index in [0.717, 1.165) is 30.6 Å². The summed E-state index contributed by atoms with van der Waals surface area (Å²) in [4.78, 5) is 7.87. The van der Waals surface area contributed by atoms with Gasteiger partial charge in [-0.25, -0.2) is 0 Å². The van der Waals surface area contributed by atoms with E-state index in [-0.39, 0.29) is 0 Å². The lowest BCUT2D eigenvalue weighted by atomic mass is 10.7. The third kappa shape index (κ3) is 9.97. The van der Waals surface area contributed by atoms with Crippen molar-refractivity contribution in [3.05, 3.63) is 0 Å². The van der Waals surface area contributed by atoms with Crippen LogP contribution in [0.2, 0.25) is 0 Å². The molecule has 0 aliphatic rings. The Bertz CT molecular complexity index is 208. The van der Waals surface area contributed by atoms with Crippen LogP contribution in [0, 0.1) is 0 Å². The van der Waals surface area contributed by atoms with E-state index in [4.69, 9.17) is 0 Å². The van der Waals surface area contributed by atoms with Gasteiger partial charge in [-0.2, -0.15) is 0 Å². The zero-order valence-corrected chi connectivity index (χ0v) is 11.7. The molecule has 0 radical (unpaired) electrons. The molecule has 0 bridgehead atoms. The first-order valence-corrected chi connectivity index (χ1v) is 7.60. The first kappa shape index (κ1) is 15.4. The van der Waals surface area contributed by atoms with Crippen LogP contribution in [0.25, 0.3) is 0 Å². The molecule has 0 aliphatic heterocycles. The van der Waals surface area contributed by atoms with E-state index < -0.39 is 0 Å². The fraction of sp³-hybridized carbons (Fsp3) is 0.778. The van der Waals surface area contributed by atoms with Gasteiger partial charge in [0, 0.05) is 45.7 Å². The van der Waals surface area contributed by atoms with Crippen molar-refractivity contribution in [3.8, 4) is 0 Å². The van der Waals surface area contributed by atoms with Crippen molar-refractivity contribution in [2.24, 2.45) is 9.98 Å². The number of nitrogens with zero attached hydrogens (tertiary/aromatic N) is 2. The van der Waals surface area contributed by atoms with Crippen LogP contribution in [-0.4, -0.2) is 58.0 Å². The maximum absolute atomic E-state index is 4.03. The molecule has 0 rings (SSSR count). The predicted molar refractivity (Wildman–Crippen MR) is 77.8 cm³/mol. The lowest BCUT2D eigenvalue weighted by Crippen LogP contribution is -2.35. The quantitative estimate of drug-likeness (QED) is 0.256. The van der Waals surface area contributed by atoms with Gasteiger partial charge < -0.3 is 16.0 Å². The third-order valence-corrected chi connectivity index (χ3v) is 3.98. The maximum Gasteiger partial charge on any atom is 0.190 e. The Labute approximate surface area is 106 Å². The molecule has 94 valence electrons. The van der Waals surface area contributed by atoms with Gasteiger partial charge in [0.15, 0.2) is 5.96 Å². The molecular weight excluding hydrogens is 242 g/mol. The molecule has 0 aromatic rings. The average Bonchev–Trinajstić information content (AvgIpc) is 2.32. The molecular formula is C9H21N5S2. The second-order valence-corrected chi connectivity index (χ2v) is 5.44. The minimum Gasteiger partial charge on any atom is -0.376 e. The summed E-state index contributed by atoms with van der Waals surface area (Å²) < 4.78 is 0. The zero-order valence-electron chi connectivity index (χ0n) is 10.1. The monoisotopic (exact) mass is 263 g/mol. The van der Waals surface area contributed by atoms with Gasteiger partial charge >= 0.3 is 0 Å². The highest BCUT2D eigenvalue weighted by Crippen LogP contribution is 2.18. The maximum atomic E-state index is 4.03. The number of guanidine groups is 1. The Morgan fingerprint density at radius 2 is 1.88 bits per heavy atom. The van der Waals surface area contributed by atoms with E-state index in [0.29, 0.717) is 0 Å². The van der Waals surface area contributed by atoms with Crippen LogP contribution >= 0.6 is 21.6 Å². The molecule has 0 heterocycles. The normalized spacial score (nSPS) is 11.8. The van der Waals surface area contributed by atoms with Crippen LogP contribution < -0.4 is 16.0 Å². The first-order chi connectivity index (χ1) is 7.85. The van der Waals surface area contributed by atoms with Gasteiger partial charge in [0.2, 0.25) is 0 Å². The summed E-state index contributed by atoms with van der Waals surface area (Å²) in [6.07, 6.45) is 1.73. The number of hydrogen-bond acceptors (Lipinski definition) is 4. The Morgan fingerprint density at radius 3 is 2.44 bits per heavy atom.